The van der Waals surface area contributed by atoms with Crippen LogP contribution in [0.25, 0.3) is 0 Å². The van der Waals surface area contributed by atoms with Gasteiger partial charge in [0.15, 0.2) is 0 Å². The molecule has 4 aliphatic rings. The van der Waals surface area contributed by atoms with Crippen molar-refractivity contribution in [1.29, 1.82) is 0 Å². The summed E-state index contributed by atoms with van der Waals surface area (Å²) in [6, 6.07) is 0. The highest BCUT2D eigenvalue weighted by Gasteiger charge is 2.60. The van der Waals surface area contributed by atoms with Crippen molar-refractivity contribution < 1.29 is 5.11 Å². The smallest absolute Gasteiger partial charge is 0.0594 e. The molecule has 1 heteroatoms. The summed E-state index contributed by atoms with van der Waals surface area (Å²) in [4.78, 5) is 0. The third kappa shape index (κ3) is 1.65. The van der Waals surface area contributed by atoms with Crippen LogP contribution in [-0.2, 0) is 0 Å². The van der Waals surface area contributed by atoms with Crippen molar-refractivity contribution in [3.8, 4) is 0 Å². The monoisotopic (exact) mass is 276 g/mol. The molecule has 3 unspecified atom stereocenters. The third-order valence-electron chi connectivity index (χ3n) is 8.44. The molecule has 0 aromatic rings. The van der Waals surface area contributed by atoms with E-state index < -0.39 is 0 Å². The van der Waals surface area contributed by atoms with Gasteiger partial charge in [-0.3, -0.25) is 0 Å². The maximum atomic E-state index is 10.6. The first-order valence-electron chi connectivity index (χ1n) is 9.11. The maximum absolute atomic E-state index is 10.6. The highest BCUT2D eigenvalue weighted by atomic mass is 16.3. The lowest BCUT2D eigenvalue weighted by Gasteiger charge is -2.56. The van der Waals surface area contributed by atoms with Crippen molar-refractivity contribution in [2.45, 2.75) is 78.2 Å². The first kappa shape index (κ1) is 13.6. The molecule has 1 N–H and O–H groups in total. The lowest BCUT2D eigenvalue weighted by Crippen LogP contribution is -2.52. The van der Waals surface area contributed by atoms with Gasteiger partial charge in [0.05, 0.1) is 6.10 Å². The van der Waals surface area contributed by atoms with Crippen molar-refractivity contribution in [2.75, 3.05) is 0 Å². The van der Waals surface area contributed by atoms with Crippen LogP contribution >= 0.6 is 0 Å². The van der Waals surface area contributed by atoms with Gasteiger partial charge in [-0.15, -0.1) is 0 Å². The molecule has 20 heavy (non-hydrogen) atoms. The number of hydrogen-bond donors (Lipinski definition) is 1. The highest BCUT2D eigenvalue weighted by molar-refractivity contribution is 5.09. The lowest BCUT2D eigenvalue weighted by molar-refractivity contribution is -0.119. The Labute approximate surface area is 124 Å². The van der Waals surface area contributed by atoms with E-state index in [1.165, 1.54) is 38.5 Å². The summed E-state index contributed by atoms with van der Waals surface area (Å²) in [5.41, 5.74) is 0.644. The largest absolute Gasteiger partial charge is 0.393 e. The predicted octanol–water partition coefficient (Wildman–Crippen LogP) is 4.64. The summed E-state index contributed by atoms with van der Waals surface area (Å²) in [6.45, 7) is 7.32. The minimum atomic E-state index is -0.0734. The topological polar surface area (TPSA) is 20.2 Å². The van der Waals surface area contributed by atoms with Crippen LogP contribution in [0.3, 0.4) is 0 Å². The number of aliphatic hydroxyl groups is 1. The minimum absolute atomic E-state index is 0.0734. The lowest BCUT2D eigenvalue weighted by atomic mass is 9.50. The van der Waals surface area contributed by atoms with Crippen LogP contribution in [0.4, 0.5) is 0 Å². The van der Waals surface area contributed by atoms with Crippen LogP contribution in [-0.4, -0.2) is 11.2 Å². The van der Waals surface area contributed by atoms with E-state index >= 15 is 0 Å². The van der Waals surface area contributed by atoms with Gasteiger partial charge in [-0.05, 0) is 85.4 Å². The van der Waals surface area contributed by atoms with Crippen molar-refractivity contribution in [3.63, 3.8) is 0 Å². The number of aliphatic hydroxyl groups excluding tert-OH is 1. The predicted molar refractivity (Wildman–Crippen MR) is 82.3 cm³/mol. The van der Waals surface area contributed by atoms with Crippen LogP contribution in [0.1, 0.15) is 72.1 Å². The van der Waals surface area contributed by atoms with Crippen molar-refractivity contribution in [3.05, 3.63) is 0 Å². The van der Waals surface area contributed by atoms with E-state index in [1.807, 2.05) is 0 Å². The highest BCUT2D eigenvalue weighted by Crippen LogP contribution is 2.66. The number of hydrogen-bond acceptors (Lipinski definition) is 1. The Morgan fingerprint density at radius 3 is 2.45 bits per heavy atom. The van der Waals surface area contributed by atoms with Crippen LogP contribution in [0, 0.1) is 40.4 Å². The number of rotatable bonds is 0. The second kappa shape index (κ2) is 4.24. The molecule has 0 spiro atoms. The molecule has 0 radical (unpaired) electrons. The Morgan fingerprint density at radius 2 is 1.65 bits per heavy atom. The van der Waals surface area contributed by atoms with Gasteiger partial charge in [0.25, 0.3) is 0 Å². The zero-order valence-electron chi connectivity index (χ0n) is 13.6. The molecule has 7 atom stereocenters. The molecule has 0 aromatic carbocycles. The number of fused-ring (bicyclic) bond motifs is 3. The summed E-state index contributed by atoms with van der Waals surface area (Å²) in [5, 5.41) is 10.6. The Kier molecular flexibility index (Phi) is 2.89. The normalized spacial score (nSPS) is 57.0. The minimum Gasteiger partial charge on any atom is -0.393 e. The molecule has 114 valence electrons. The van der Waals surface area contributed by atoms with E-state index in [-0.39, 0.29) is 11.5 Å². The Hall–Kier alpha value is -0.0400. The van der Waals surface area contributed by atoms with Gasteiger partial charge in [0, 0.05) is 0 Å². The molecule has 4 saturated carbocycles. The fraction of sp³-hybridized carbons (Fsp3) is 1.00. The summed E-state index contributed by atoms with van der Waals surface area (Å²) in [7, 11) is 0. The van der Waals surface area contributed by atoms with E-state index in [0.717, 1.165) is 36.0 Å². The standard InChI is InChI=1S/C19H32O/c1-18(2)16-7-6-13-5-4-12-10-14(13)15(11-12)19(16,3)9-8-17(18)20/h12-17,20H,4-11H2,1-3H3/t12-,13-,14?,15?,16?,17-,19+/m1/s1. The van der Waals surface area contributed by atoms with E-state index in [1.54, 1.807) is 6.42 Å². The molecule has 4 aliphatic carbocycles. The third-order valence-corrected chi connectivity index (χ3v) is 8.44. The van der Waals surface area contributed by atoms with E-state index in [4.69, 9.17) is 0 Å². The van der Waals surface area contributed by atoms with Gasteiger partial charge in [-0.2, -0.15) is 0 Å². The van der Waals surface area contributed by atoms with Crippen LogP contribution in [0.5, 0.6) is 0 Å². The van der Waals surface area contributed by atoms with Gasteiger partial charge >= 0.3 is 0 Å². The molecule has 4 fully saturated rings. The summed E-state index contributed by atoms with van der Waals surface area (Å²) in [5.74, 6) is 4.82. The Morgan fingerprint density at radius 1 is 0.900 bits per heavy atom. The molecule has 0 aromatic heterocycles. The first-order chi connectivity index (χ1) is 9.43. The van der Waals surface area contributed by atoms with Gasteiger partial charge in [0.1, 0.15) is 0 Å². The SMILES string of the molecule is CC1(C)C2CC[C@H]3CC[C@@H]4CC3C(C4)[C@]2(C)CC[C@H]1O. The first-order valence-corrected chi connectivity index (χ1v) is 9.11. The summed E-state index contributed by atoms with van der Waals surface area (Å²) in [6.07, 6.45) is 11.2. The molecule has 1 nitrogen and oxygen atoms in total. The average molecular weight is 276 g/mol. The summed E-state index contributed by atoms with van der Waals surface area (Å²) >= 11 is 0. The van der Waals surface area contributed by atoms with Gasteiger partial charge in [0.2, 0.25) is 0 Å². The Balaban J connectivity index is 1.75. The molecule has 0 aliphatic heterocycles. The molecule has 0 heterocycles. The molecule has 4 rings (SSSR count). The summed E-state index contributed by atoms with van der Waals surface area (Å²) < 4.78 is 0. The fourth-order valence-corrected chi connectivity index (χ4v) is 7.32. The maximum Gasteiger partial charge on any atom is 0.0594 e. The average Bonchev–Trinajstić information content (AvgIpc) is 2.70. The van der Waals surface area contributed by atoms with Gasteiger partial charge in [-0.1, -0.05) is 27.2 Å². The Bertz CT molecular complexity index is 401. The van der Waals surface area contributed by atoms with Crippen molar-refractivity contribution in [2.24, 2.45) is 40.4 Å². The fourth-order valence-electron chi connectivity index (χ4n) is 7.32. The zero-order valence-corrected chi connectivity index (χ0v) is 13.6. The van der Waals surface area contributed by atoms with E-state index in [9.17, 15) is 5.11 Å². The molecule has 0 amide bonds. The van der Waals surface area contributed by atoms with Crippen molar-refractivity contribution in [1.82, 2.24) is 0 Å². The second-order valence-corrected chi connectivity index (χ2v) is 9.46. The van der Waals surface area contributed by atoms with Gasteiger partial charge < -0.3 is 5.11 Å². The second-order valence-electron chi connectivity index (χ2n) is 9.46. The van der Waals surface area contributed by atoms with E-state index in [0.29, 0.717) is 5.41 Å². The molecule has 2 bridgehead atoms. The van der Waals surface area contributed by atoms with Crippen LogP contribution < -0.4 is 0 Å². The van der Waals surface area contributed by atoms with Crippen molar-refractivity contribution >= 4 is 0 Å². The van der Waals surface area contributed by atoms with Crippen LogP contribution in [0.15, 0.2) is 0 Å². The molecular weight excluding hydrogens is 244 g/mol. The van der Waals surface area contributed by atoms with Crippen LogP contribution in [0.2, 0.25) is 0 Å². The van der Waals surface area contributed by atoms with Gasteiger partial charge in [-0.25, -0.2) is 0 Å². The molecular formula is C19H32O. The van der Waals surface area contributed by atoms with E-state index in [2.05, 4.69) is 20.8 Å². The quantitative estimate of drug-likeness (QED) is 0.683. The molecule has 0 saturated heterocycles. The zero-order chi connectivity index (χ0) is 14.1.